The van der Waals surface area contributed by atoms with Crippen LogP contribution in [0.15, 0.2) is 18.2 Å². The van der Waals surface area contributed by atoms with Crippen molar-refractivity contribution < 1.29 is 4.92 Å². The van der Waals surface area contributed by atoms with Crippen LogP contribution in [0, 0.1) is 10.1 Å². The minimum Gasteiger partial charge on any atom is -0.398 e. The molecule has 0 fully saturated rings. The lowest BCUT2D eigenvalue weighted by Crippen LogP contribution is -2.25. The van der Waals surface area contributed by atoms with Gasteiger partial charge in [-0.05, 0) is 24.7 Å². The van der Waals surface area contributed by atoms with Gasteiger partial charge in [-0.1, -0.05) is 13.8 Å². The number of anilines is 1. The fourth-order valence-corrected chi connectivity index (χ4v) is 2.75. The topological polar surface area (TPSA) is 72.4 Å². The van der Waals surface area contributed by atoms with Crippen molar-refractivity contribution in [2.24, 2.45) is 0 Å². The van der Waals surface area contributed by atoms with Gasteiger partial charge in [0, 0.05) is 35.9 Å². The summed E-state index contributed by atoms with van der Waals surface area (Å²) in [6.07, 6.45) is 0. The van der Waals surface area contributed by atoms with Gasteiger partial charge in [0.1, 0.15) is 0 Å². The monoisotopic (exact) mass is 283 g/mol. The lowest BCUT2D eigenvalue weighted by Gasteiger charge is -2.17. The molecule has 0 bridgehead atoms. The average molecular weight is 283 g/mol. The third-order valence-corrected chi connectivity index (χ3v) is 4.03. The Hall–Kier alpha value is -1.27. The van der Waals surface area contributed by atoms with Crippen molar-refractivity contribution in [3.05, 3.63) is 33.9 Å². The van der Waals surface area contributed by atoms with Crippen molar-refractivity contribution in [2.45, 2.75) is 19.6 Å². The number of nitrogens with zero attached hydrogens (tertiary/aromatic N) is 2. The van der Waals surface area contributed by atoms with Crippen LogP contribution in [-0.2, 0) is 5.75 Å². The number of nitro benzene ring substituents is 1. The first-order valence-electron chi connectivity index (χ1n) is 6.41. The molecule has 0 spiro atoms. The van der Waals surface area contributed by atoms with Gasteiger partial charge >= 0.3 is 0 Å². The minimum atomic E-state index is -0.385. The van der Waals surface area contributed by atoms with Crippen molar-refractivity contribution in [2.75, 3.05) is 31.1 Å². The number of nitrogens with two attached hydrogens (primary N) is 1. The number of non-ortho nitro benzene ring substituents is 1. The van der Waals surface area contributed by atoms with Gasteiger partial charge in [-0.25, -0.2) is 0 Å². The van der Waals surface area contributed by atoms with E-state index in [1.807, 2.05) is 0 Å². The molecule has 6 heteroatoms. The minimum absolute atomic E-state index is 0.105. The van der Waals surface area contributed by atoms with Crippen LogP contribution >= 0.6 is 11.8 Å². The lowest BCUT2D eigenvalue weighted by molar-refractivity contribution is -0.384. The van der Waals surface area contributed by atoms with Crippen LogP contribution in [0.4, 0.5) is 11.4 Å². The van der Waals surface area contributed by atoms with Crippen molar-refractivity contribution in [1.29, 1.82) is 0 Å². The maximum atomic E-state index is 10.7. The molecule has 0 unspecified atom stereocenters. The van der Waals surface area contributed by atoms with Crippen LogP contribution < -0.4 is 5.73 Å². The first-order chi connectivity index (χ1) is 9.08. The molecule has 0 amide bonds. The lowest BCUT2D eigenvalue weighted by atomic mass is 10.2. The predicted octanol–water partition coefficient (Wildman–Crippen LogP) is 2.75. The number of nitrogen functional groups attached to an aromatic ring is 1. The predicted molar refractivity (Wildman–Crippen MR) is 81.5 cm³/mol. The van der Waals surface area contributed by atoms with Crippen molar-refractivity contribution in [3.8, 4) is 0 Å². The van der Waals surface area contributed by atoms with Crippen molar-refractivity contribution in [3.63, 3.8) is 0 Å². The Morgan fingerprint density at radius 1 is 1.37 bits per heavy atom. The fraction of sp³-hybridized carbons (Fsp3) is 0.538. The molecule has 2 N–H and O–H groups in total. The van der Waals surface area contributed by atoms with Gasteiger partial charge in [0.2, 0.25) is 0 Å². The summed E-state index contributed by atoms with van der Waals surface area (Å²) < 4.78 is 0. The quantitative estimate of drug-likeness (QED) is 0.344. The standard InChI is InChI=1S/C13H21N3O2S/c1-3-15(4-2)7-8-19-10-11-9-12(16(17)18)5-6-13(11)14/h5-6,9H,3-4,7-8,10,14H2,1-2H3. The van der Waals surface area contributed by atoms with E-state index in [1.54, 1.807) is 23.9 Å². The van der Waals surface area contributed by atoms with E-state index in [0.717, 1.165) is 36.7 Å². The number of hydrogen-bond acceptors (Lipinski definition) is 5. The molecular formula is C13H21N3O2S. The summed E-state index contributed by atoms with van der Waals surface area (Å²) >= 11 is 1.76. The van der Waals surface area contributed by atoms with Gasteiger partial charge in [-0.2, -0.15) is 11.8 Å². The smallest absolute Gasteiger partial charge is 0.269 e. The first kappa shape index (κ1) is 15.8. The van der Waals surface area contributed by atoms with E-state index in [0.29, 0.717) is 5.69 Å². The molecule has 0 heterocycles. The summed E-state index contributed by atoms with van der Waals surface area (Å²) in [6, 6.07) is 4.62. The summed E-state index contributed by atoms with van der Waals surface area (Å²) in [6.45, 7) is 7.43. The van der Waals surface area contributed by atoms with Crippen LogP contribution in [0.25, 0.3) is 0 Å². The van der Waals surface area contributed by atoms with E-state index in [9.17, 15) is 10.1 Å². The summed E-state index contributed by atoms with van der Waals surface area (Å²) in [5, 5.41) is 10.7. The SMILES string of the molecule is CCN(CC)CCSCc1cc([N+](=O)[O-])ccc1N. The van der Waals surface area contributed by atoms with Gasteiger partial charge in [-0.3, -0.25) is 10.1 Å². The molecule has 106 valence electrons. The van der Waals surface area contributed by atoms with Crippen molar-refractivity contribution in [1.82, 2.24) is 4.90 Å². The molecule has 0 saturated carbocycles. The second-order valence-electron chi connectivity index (χ2n) is 4.22. The average Bonchev–Trinajstić information content (AvgIpc) is 2.40. The Morgan fingerprint density at radius 3 is 2.63 bits per heavy atom. The summed E-state index contributed by atoms with van der Waals surface area (Å²) in [7, 11) is 0. The molecule has 1 rings (SSSR count). The number of thioether (sulfide) groups is 1. The number of benzene rings is 1. The molecule has 0 atom stereocenters. The van der Waals surface area contributed by atoms with Crippen LogP contribution in [0.5, 0.6) is 0 Å². The maximum absolute atomic E-state index is 10.7. The summed E-state index contributed by atoms with van der Waals surface area (Å²) in [4.78, 5) is 12.7. The first-order valence-corrected chi connectivity index (χ1v) is 7.56. The third kappa shape index (κ3) is 5.08. The number of rotatable bonds is 8. The maximum Gasteiger partial charge on any atom is 0.269 e. The Morgan fingerprint density at radius 2 is 2.05 bits per heavy atom. The highest BCUT2D eigenvalue weighted by Crippen LogP contribution is 2.23. The van der Waals surface area contributed by atoms with Gasteiger partial charge in [0.15, 0.2) is 0 Å². The number of hydrogen-bond donors (Lipinski definition) is 1. The molecule has 1 aromatic carbocycles. The second kappa shape index (κ2) is 8.01. The highest BCUT2D eigenvalue weighted by molar-refractivity contribution is 7.98. The van der Waals surface area contributed by atoms with Gasteiger partial charge in [0.25, 0.3) is 5.69 Å². The van der Waals surface area contributed by atoms with Crippen LogP contribution in [-0.4, -0.2) is 35.2 Å². The summed E-state index contributed by atoms with van der Waals surface area (Å²) in [5.41, 5.74) is 7.41. The normalized spacial score (nSPS) is 10.9. The molecule has 0 saturated heterocycles. The second-order valence-corrected chi connectivity index (χ2v) is 5.32. The third-order valence-electron chi connectivity index (χ3n) is 3.04. The van der Waals surface area contributed by atoms with E-state index in [4.69, 9.17) is 5.73 Å². The zero-order chi connectivity index (χ0) is 14.3. The highest BCUT2D eigenvalue weighted by Gasteiger charge is 2.09. The molecule has 5 nitrogen and oxygen atoms in total. The Bertz CT molecular complexity index is 422. The molecule has 0 aliphatic carbocycles. The van der Waals surface area contributed by atoms with Gasteiger partial charge in [0.05, 0.1) is 4.92 Å². The Labute approximate surface area is 118 Å². The van der Waals surface area contributed by atoms with E-state index in [-0.39, 0.29) is 10.6 Å². The van der Waals surface area contributed by atoms with Crippen molar-refractivity contribution >= 4 is 23.1 Å². The van der Waals surface area contributed by atoms with Crippen LogP contribution in [0.1, 0.15) is 19.4 Å². The molecule has 1 aromatic rings. The summed E-state index contributed by atoms with van der Waals surface area (Å²) in [5.74, 6) is 1.72. The highest BCUT2D eigenvalue weighted by atomic mass is 32.2. The largest absolute Gasteiger partial charge is 0.398 e. The number of nitro groups is 1. The molecular weight excluding hydrogens is 262 g/mol. The van der Waals surface area contributed by atoms with E-state index >= 15 is 0 Å². The van der Waals surface area contributed by atoms with Gasteiger partial charge in [-0.15, -0.1) is 0 Å². The molecule has 0 aliphatic rings. The Kier molecular flexibility index (Phi) is 6.66. The van der Waals surface area contributed by atoms with E-state index in [2.05, 4.69) is 18.7 Å². The Balaban J connectivity index is 2.48. The van der Waals surface area contributed by atoms with E-state index < -0.39 is 0 Å². The van der Waals surface area contributed by atoms with E-state index in [1.165, 1.54) is 6.07 Å². The molecule has 19 heavy (non-hydrogen) atoms. The molecule has 0 aromatic heterocycles. The van der Waals surface area contributed by atoms with Crippen LogP contribution in [0.2, 0.25) is 0 Å². The molecule has 0 aliphatic heterocycles. The fourth-order valence-electron chi connectivity index (χ4n) is 1.75. The zero-order valence-electron chi connectivity index (χ0n) is 11.5. The zero-order valence-corrected chi connectivity index (χ0v) is 12.3. The van der Waals surface area contributed by atoms with Gasteiger partial charge < -0.3 is 10.6 Å². The molecule has 0 radical (unpaired) electrons. The van der Waals surface area contributed by atoms with Crippen LogP contribution in [0.3, 0.4) is 0 Å².